The Balaban J connectivity index is 1.92. The quantitative estimate of drug-likeness (QED) is 0.612. The summed E-state index contributed by atoms with van der Waals surface area (Å²) in [6.07, 6.45) is 2.43. The van der Waals surface area contributed by atoms with Crippen molar-refractivity contribution in [3.05, 3.63) is 56.4 Å². The molecule has 0 aliphatic carbocycles. The summed E-state index contributed by atoms with van der Waals surface area (Å²) in [5, 5.41) is 10.1. The minimum atomic E-state index is -0.286. The molecule has 144 valence electrons. The lowest BCUT2D eigenvalue weighted by atomic mass is 10.2. The van der Waals surface area contributed by atoms with Crippen LogP contribution in [0.3, 0.4) is 0 Å². The summed E-state index contributed by atoms with van der Waals surface area (Å²) in [6, 6.07) is 9.15. The zero-order valence-corrected chi connectivity index (χ0v) is 17.2. The lowest BCUT2D eigenvalue weighted by Crippen LogP contribution is -2.37. The number of hydrogen-bond donors (Lipinski definition) is 0. The molecule has 0 bridgehead atoms. The standard InChI is InChI=1S/C20H19ClN4O2S/c1-3-15-10-16-19(28-15)23-12-24(20(16)27)11-18(26)25(8-4-7-22)14-5-6-17(21)13(2)9-14/h5-6,9-10,12H,3-4,8,11H2,1-2H3. The first-order chi connectivity index (χ1) is 13.4. The van der Waals surface area contributed by atoms with E-state index < -0.39 is 0 Å². The van der Waals surface area contributed by atoms with Gasteiger partial charge < -0.3 is 4.90 Å². The van der Waals surface area contributed by atoms with Crippen LogP contribution in [0.1, 0.15) is 23.8 Å². The number of benzene rings is 1. The number of nitriles is 1. The molecule has 1 aromatic carbocycles. The predicted octanol–water partition coefficient (Wildman–Crippen LogP) is 3.93. The summed E-state index contributed by atoms with van der Waals surface area (Å²) in [4.78, 5) is 33.3. The van der Waals surface area contributed by atoms with Crippen molar-refractivity contribution in [2.45, 2.75) is 33.2 Å². The number of anilines is 1. The second-order valence-corrected chi connectivity index (χ2v) is 7.87. The summed E-state index contributed by atoms with van der Waals surface area (Å²) < 4.78 is 1.32. The molecule has 6 nitrogen and oxygen atoms in total. The molecule has 3 aromatic rings. The van der Waals surface area contributed by atoms with Crippen LogP contribution in [0.5, 0.6) is 0 Å². The number of carbonyl (C=O) groups is 1. The van der Waals surface area contributed by atoms with Gasteiger partial charge >= 0.3 is 0 Å². The fourth-order valence-electron chi connectivity index (χ4n) is 2.88. The molecule has 1 amide bonds. The van der Waals surface area contributed by atoms with Gasteiger partial charge in [0.05, 0.1) is 24.2 Å². The van der Waals surface area contributed by atoms with Crippen molar-refractivity contribution >= 4 is 44.7 Å². The van der Waals surface area contributed by atoms with Gasteiger partial charge in [-0.1, -0.05) is 18.5 Å². The second-order valence-electron chi connectivity index (χ2n) is 6.35. The molecule has 0 saturated carbocycles. The molecule has 0 aliphatic rings. The molecule has 28 heavy (non-hydrogen) atoms. The van der Waals surface area contributed by atoms with Gasteiger partial charge in [-0.2, -0.15) is 5.26 Å². The van der Waals surface area contributed by atoms with E-state index in [0.717, 1.165) is 16.9 Å². The molecule has 0 atom stereocenters. The molecule has 0 N–H and O–H groups in total. The zero-order valence-electron chi connectivity index (χ0n) is 15.6. The van der Waals surface area contributed by atoms with Gasteiger partial charge in [-0.25, -0.2) is 4.98 Å². The summed E-state index contributed by atoms with van der Waals surface area (Å²) in [5.74, 6) is -0.286. The monoisotopic (exact) mass is 414 g/mol. The smallest absolute Gasteiger partial charge is 0.262 e. The first kappa shape index (κ1) is 20.1. The van der Waals surface area contributed by atoms with Crippen molar-refractivity contribution in [1.29, 1.82) is 5.26 Å². The molecule has 0 saturated heterocycles. The number of nitrogens with zero attached hydrogens (tertiary/aromatic N) is 4. The molecule has 0 spiro atoms. The molecule has 8 heteroatoms. The van der Waals surface area contributed by atoms with E-state index >= 15 is 0 Å². The molecule has 0 radical (unpaired) electrons. The Hall–Kier alpha value is -2.69. The average molecular weight is 415 g/mol. The van der Waals surface area contributed by atoms with Crippen LogP contribution >= 0.6 is 22.9 Å². The Morgan fingerprint density at radius 3 is 2.86 bits per heavy atom. The van der Waals surface area contributed by atoms with E-state index in [2.05, 4.69) is 11.1 Å². The van der Waals surface area contributed by atoms with Crippen LogP contribution in [0.25, 0.3) is 10.2 Å². The molecule has 0 unspecified atom stereocenters. The molecule has 2 heterocycles. The summed E-state index contributed by atoms with van der Waals surface area (Å²) in [5.41, 5.74) is 1.24. The molecule has 3 rings (SSSR count). The Morgan fingerprint density at radius 2 is 2.18 bits per heavy atom. The fraction of sp³-hybridized carbons (Fsp3) is 0.300. The van der Waals surface area contributed by atoms with Crippen molar-refractivity contribution in [3.63, 3.8) is 0 Å². The Labute approximate surface area is 171 Å². The van der Waals surface area contributed by atoms with E-state index in [1.807, 2.05) is 19.9 Å². The van der Waals surface area contributed by atoms with Gasteiger partial charge in [-0.05, 0) is 43.2 Å². The maximum Gasteiger partial charge on any atom is 0.262 e. The third-order valence-electron chi connectivity index (χ3n) is 4.42. The highest BCUT2D eigenvalue weighted by Gasteiger charge is 2.18. The highest BCUT2D eigenvalue weighted by Crippen LogP contribution is 2.24. The van der Waals surface area contributed by atoms with Gasteiger partial charge in [-0.15, -0.1) is 11.3 Å². The number of aromatic nitrogens is 2. The number of hydrogen-bond acceptors (Lipinski definition) is 5. The Bertz CT molecular complexity index is 1130. The van der Waals surface area contributed by atoms with Crippen LogP contribution in [-0.4, -0.2) is 22.0 Å². The van der Waals surface area contributed by atoms with Gasteiger partial charge in [0.1, 0.15) is 11.4 Å². The second kappa shape index (κ2) is 8.55. The zero-order chi connectivity index (χ0) is 20.3. The van der Waals surface area contributed by atoms with Crippen LogP contribution in [0.2, 0.25) is 5.02 Å². The van der Waals surface area contributed by atoms with E-state index in [1.54, 1.807) is 18.2 Å². The van der Waals surface area contributed by atoms with Gasteiger partial charge in [0.25, 0.3) is 5.56 Å². The van der Waals surface area contributed by atoms with Gasteiger partial charge in [0.2, 0.25) is 5.91 Å². The highest BCUT2D eigenvalue weighted by atomic mass is 35.5. The van der Waals surface area contributed by atoms with Crippen molar-refractivity contribution in [3.8, 4) is 6.07 Å². The van der Waals surface area contributed by atoms with Crippen molar-refractivity contribution in [1.82, 2.24) is 9.55 Å². The number of halogens is 1. The number of carbonyl (C=O) groups excluding carboxylic acids is 1. The Kier molecular flexibility index (Phi) is 6.12. The van der Waals surface area contributed by atoms with Crippen LogP contribution < -0.4 is 10.5 Å². The predicted molar refractivity (Wildman–Crippen MR) is 112 cm³/mol. The number of thiophene rings is 1. The van der Waals surface area contributed by atoms with E-state index in [4.69, 9.17) is 16.9 Å². The largest absolute Gasteiger partial charge is 0.310 e. The van der Waals surface area contributed by atoms with Gasteiger partial charge in [-0.3, -0.25) is 14.2 Å². The minimum absolute atomic E-state index is 0.147. The van der Waals surface area contributed by atoms with Gasteiger partial charge in [0, 0.05) is 22.1 Å². The first-order valence-corrected chi connectivity index (χ1v) is 10.0. The van der Waals surface area contributed by atoms with Crippen molar-refractivity contribution in [2.24, 2.45) is 0 Å². The summed E-state index contributed by atoms with van der Waals surface area (Å²) >= 11 is 7.57. The molecule has 0 aliphatic heterocycles. The maximum absolute atomic E-state index is 13.0. The molecule has 0 fully saturated rings. The SMILES string of the molecule is CCc1cc2c(=O)n(CC(=O)N(CCC#N)c3ccc(Cl)c(C)c3)cnc2s1. The van der Waals surface area contributed by atoms with Crippen LogP contribution in [-0.2, 0) is 17.8 Å². The van der Waals surface area contributed by atoms with Crippen molar-refractivity contribution in [2.75, 3.05) is 11.4 Å². The Morgan fingerprint density at radius 1 is 1.39 bits per heavy atom. The minimum Gasteiger partial charge on any atom is -0.310 e. The van der Waals surface area contributed by atoms with E-state index in [-0.39, 0.29) is 31.0 Å². The lowest BCUT2D eigenvalue weighted by molar-refractivity contribution is -0.119. The number of amides is 1. The van der Waals surface area contributed by atoms with Crippen LogP contribution in [0, 0.1) is 18.3 Å². The molecular weight excluding hydrogens is 396 g/mol. The maximum atomic E-state index is 13.0. The first-order valence-electron chi connectivity index (χ1n) is 8.86. The number of fused-ring (bicyclic) bond motifs is 1. The summed E-state index contributed by atoms with van der Waals surface area (Å²) in [7, 11) is 0. The van der Waals surface area contributed by atoms with Crippen LogP contribution in [0.15, 0.2) is 35.4 Å². The molecule has 2 aromatic heterocycles. The number of aryl methyl sites for hydroxylation is 2. The molecular formula is C20H19ClN4O2S. The van der Waals surface area contributed by atoms with E-state index in [9.17, 15) is 9.59 Å². The fourth-order valence-corrected chi connectivity index (χ4v) is 3.93. The highest BCUT2D eigenvalue weighted by molar-refractivity contribution is 7.18. The lowest BCUT2D eigenvalue weighted by Gasteiger charge is -2.23. The van der Waals surface area contributed by atoms with Gasteiger partial charge in [0.15, 0.2) is 0 Å². The third-order valence-corrected chi connectivity index (χ3v) is 6.04. The third kappa shape index (κ3) is 4.08. The summed E-state index contributed by atoms with van der Waals surface area (Å²) in [6.45, 7) is 3.96. The number of rotatable bonds is 6. The average Bonchev–Trinajstić information content (AvgIpc) is 3.11. The topological polar surface area (TPSA) is 79.0 Å². The van der Waals surface area contributed by atoms with Crippen molar-refractivity contribution < 1.29 is 4.79 Å². The van der Waals surface area contributed by atoms with E-state index in [1.165, 1.54) is 27.1 Å². The van der Waals surface area contributed by atoms with Crippen LogP contribution in [0.4, 0.5) is 5.69 Å². The van der Waals surface area contributed by atoms with E-state index in [0.29, 0.717) is 20.9 Å². The normalized spacial score (nSPS) is 10.8.